The van der Waals surface area contributed by atoms with Crippen LogP contribution in [-0.2, 0) is 19.1 Å². The standard InChI is InChI=1S/C24H18INO7/c25-17-13-7-8-14-18(17)26-21(27)19(32-23(30)15-9-3-1-4-10-15)20(22(28)29)33-24(31)16-11-5-2-6-12-16/h1-14,19-20H,(H,26,27)(H,28,29)/t19-,20-/m0/s1. The second kappa shape index (κ2) is 11.2. The molecule has 0 aliphatic heterocycles. The van der Waals surface area contributed by atoms with E-state index in [4.69, 9.17) is 9.47 Å². The van der Waals surface area contributed by atoms with Gasteiger partial charge in [0.25, 0.3) is 5.91 Å². The molecule has 0 aliphatic carbocycles. The second-order valence-corrected chi connectivity index (χ2v) is 7.85. The zero-order valence-corrected chi connectivity index (χ0v) is 19.2. The summed E-state index contributed by atoms with van der Waals surface area (Å²) in [6.07, 6.45) is -4.05. The van der Waals surface area contributed by atoms with Crippen LogP contribution in [0.5, 0.6) is 0 Å². The summed E-state index contributed by atoms with van der Waals surface area (Å²) >= 11 is 1.99. The monoisotopic (exact) mass is 559 g/mol. The third-order valence-electron chi connectivity index (χ3n) is 4.40. The van der Waals surface area contributed by atoms with Crippen molar-refractivity contribution in [2.75, 3.05) is 5.32 Å². The summed E-state index contributed by atoms with van der Waals surface area (Å²) in [5.74, 6) is -4.54. The average molecular weight is 559 g/mol. The Morgan fingerprint density at radius 2 is 1.15 bits per heavy atom. The van der Waals surface area contributed by atoms with E-state index in [2.05, 4.69) is 5.32 Å². The maximum atomic E-state index is 13.0. The molecule has 3 aromatic rings. The molecule has 0 bridgehead atoms. The summed E-state index contributed by atoms with van der Waals surface area (Å²) in [6, 6.07) is 22.2. The Balaban J connectivity index is 1.91. The van der Waals surface area contributed by atoms with Gasteiger partial charge in [0.15, 0.2) is 0 Å². The molecule has 3 rings (SSSR count). The predicted octanol–water partition coefficient (Wildman–Crippen LogP) is 3.77. The van der Waals surface area contributed by atoms with E-state index in [0.29, 0.717) is 9.26 Å². The maximum absolute atomic E-state index is 13.0. The Morgan fingerprint density at radius 1 is 0.697 bits per heavy atom. The fraction of sp³-hybridized carbons (Fsp3) is 0.0833. The zero-order valence-electron chi connectivity index (χ0n) is 17.0. The SMILES string of the molecule is O=C(O[C@H](C(=O)O)[C@H](OC(=O)c1ccccc1)C(=O)Nc1ccccc1I)c1ccccc1. The van der Waals surface area contributed by atoms with Crippen molar-refractivity contribution in [2.45, 2.75) is 12.2 Å². The summed E-state index contributed by atoms with van der Waals surface area (Å²) in [6.45, 7) is 0. The van der Waals surface area contributed by atoms with Crippen LogP contribution < -0.4 is 5.32 Å². The zero-order chi connectivity index (χ0) is 23.8. The van der Waals surface area contributed by atoms with Crippen LogP contribution in [-0.4, -0.2) is 41.1 Å². The topological polar surface area (TPSA) is 119 Å². The molecule has 8 nitrogen and oxygen atoms in total. The molecule has 0 unspecified atom stereocenters. The van der Waals surface area contributed by atoms with Crippen molar-refractivity contribution in [1.29, 1.82) is 0 Å². The minimum absolute atomic E-state index is 0.0786. The lowest BCUT2D eigenvalue weighted by molar-refractivity contribution is -0.157. The number of carbonyl (C=O) groups is 4. The number of halogens is 1. The molecule has 33 heavy (non-hydrogen) atoms. The number of carboxylic acids is 1. The van der Waals surface area contributed by atoms with Gasteiger partial charge in [0.05, 0.1) is 16.8 Å². The molecule has 2 atom stereocenters. The van der Waals surface area contributed by atoms with Gasteiger partial charge in [-0.15, -0.1) is 0 Å². The van der Waals surface area contributed by atoms with E-state index in [-0.39, 0.29) is 11.1 Å². The van der Waals surface area contributed by atoms with Gasteiger partial charge in [0, 0.05) is 3.57 Å². The van der Waals surface area contributed by atoms with E-state index < -0.39 is 36.0 Å². The van der Waals surface area contributed by atoms with Crippen molar-refractivity contribution in [1.82, 2.24) is 0 Å². The van der Waals surface area contributed by atoms with Crippen LogP contribution in [0.4, 0.5) is 5.69 Å². The van der Waals surface area contributed by atoms with Crippen molar-refractivity contribution >= 4 is 52.1 Å². The fourth-order valence-electron chi connectivity index (χ4n) is 2.78. The predicted molar refractivity (Wildman–Crippen MR) is 127 cm³/mol. The van der Waals surface area contributed by atoms with E-state index >= 15 is 0 Å². The number of anilines is 1. The second-order valence-electron chi connectivity index (χ2n) is 6.69. The van der Waals surface area contributed by atoms with Crippen molar-refractivity contribution < 1.29 is 33.8 Å². The number of hydrogen-bond donors (Lipinski definition) is 2. The summed E-state index contributed by atoms with van der Waals surface area (Å²) in [4.78, 5) is 50.2. The molecular weight excluding hydrogens is 541 g/mol. The molecule has 0 fully saturated rings. The highest BCUT2D eigenvalue weighted by Crippen LogP contribution is 2.20. The van der Waals surface area contributed by atoms with E-state index in [0.717, 1.165) is 0 Å². The Morgan fingerprint density at radius 3 is 1.64 bits per heavy atom. The first-order valence-corrected chi connectivity index (χ1v) is 10.7. The highest BCUT2D eigenvalue weighted by Gasteiger charge is 2.41. The summed E-state index contributed by atoms with van der Waals surface area (Å²) < 4.78 is 11.0. The van der Waals surface area contributed by atoms with Gasteiger partial charge in [-0.2, -0.15) is 0 Å². The smallest absolute Gasteiger partial charge is 0.349 e. The number of benzene rings is 3. The van der Waals surface area contributed by atoms with Crippen LogP contribution in [0.2, 0.25) is 0 Å². The lowest BCUT2D eigenvalue weighted by Gasteiger charge is -2.23. The lowest BCUT2D eigenvalue weighted by atomic mass is 10.1. The van der Waals surface area contributed by atoms with E-state index in [1.807, 2.05) is 22.6 Å². The number of ether oxygens (including phenoxy) is 2. The molecule has 0 spiro atoms. The minimum atomic E-state index is -2.09. The lowest BCUT2D eigenvalue weighted by Crippen LogP contribution is -2.48. The van der Waals surface area contributed by atoms with Crippen molar-refractivity contribution in [3.63, 3.8) is 0 Å². The number of carboxylic acid groups (broad SMARTS) is 1. The molecule has 0 aromatic heterocycles. The van der Waals surface area contributed by atoms with Crippen LogP contribution >= 0.6 is 22.6 Å². The largest absolute Gasteiger partial charge is 0.478 e. The number of nitrogens with one attached hydrogen (secondary N) is 1. The van der Waals surface area contributed by atoms with Gasteiger partial charge in [-0.1, -0.05) is 48.5 Å². The number of hydrogen-bond acceptors (Lipinski definition) is 6. The van der Waals surface area contributed by atoms with Gasteiger partial charge in [-0.3, -0.25) is 4.79 Å². The van der Waals surface area contributed by atoms with Crippen LogP contribution in [0.25, 0.3) is 0 Å². The molecule has 0 saturated carbocycles. The highest BCUT2D eigenvalue weighted by molar-refractivity contribution is 14.1. The highest BCUT2D eigenvalue weighted by atomic mass is 127. The number of amides is 1. The number of aliphatic carboxylic acids is 1. The van der Waals surface area contributed by atoms with Gasteiger partial charge in [-0.05, 0) is 59.0 Å². The van der Waals surface area contributed by atoms with Crippen LogP contribution in [0.15, 0.2) is 84.9 Å². The quantitative estimate of drug-likeness (QED) is 0.319. The Kier molecular flexibility index (Phi) is 8.14. The van der Waals surface area contributed by atoms with Crippen LogP contribution in [0.1, 0.15) is 20.7 Å². The molecule has 0 saturated heterocycles. The summed E-state index contributed by atoms with van der Waals surface area (Å²) in [5.41, 5.74) is 0.556. The Bertz CT molecular complexity index is 1150. The number of rotatable bonds is 8. The minimum Gasteiger partial charge on any atom is -0.478 e. The molecule has 168 valence electrons. The molecule has 9 heteroatoms. The van der Waals surface area contributed by atoms with Crippen molar-refractivity contribution in [3.05, 3.63) is 99.6 Å². The first-order chi connectivity index (χ1) is 15.9. The molecular formula is C24H18INO7. The number of para-hydroxylation sites is 1. The molecule has 2 N–H and O–H groups in total. The maximum Gasteiger partial charge on any atom is 0.349 e. The number of carbonyl (C=O) groups excluding carboxylic acids is 3. The fourth-order valence-corrected chi connectivity index (χ4v) is 3.30. The molecule has 0 aliphatic rings. The molecule has 1 amide bonds. The van der Waals surface area contributed by atoms with Crippen LogP contribution in [0.3, 0.4) is 0 Å². The van der Waals surface area contributed by atoms with Crippen molar-refractivity contribution in [3.8, 4) is 0 Å². The Labute approximate surface area is 202 Å². The van der Waals surface area contributed by atoms with Gasteiger partial charge in [0.1, 0.15) is 0 Å². The van der Waals surface area contributed by atoms with E-state index in [1.165, 1.54) is 24.3 Å². The van der Waals surface area contributed by atoms with Gasteiger partial charge in [-0.25, -0.2) is 14.4 Å². The van der Waals surface area contributed by atoms with E-state index in [9.17, 15) is 24.3 Å². The van der Waals surface area contributed by atoms with Crippen LogP contribution in [0, 0.1) is 3.57 Å². The normalized spacial score (nSPS) is 12.2. The third kappa shape index (κ3) is 6.39. The molecule has 0 radical (unpaired) electrons. The van der Waals surface area contributed by atoms with E-state index in [1.54, 1.807) is 60.7 Å². The molecule has 0 heterocycles. The van der Waals surface area contributed by atoms with Gasteiger partial charge < -0.3 is 19.9 Å². The third-order valence-corrected chi connectivity index (χ3v) is 5.34. The van der Waals surface area contributed by atoms with Crippen molar-refractivity contribution in [2.24, 2.45) is 0 Å². The summed E-state index contributed by atoms with van der Waals surface area (Å²) in [7, 11) is 0. The first kappa shape index (κ1) is 23.9. The summed E-state index contributed by atoms with van der Waals surface area (Å²) in [5, 5.41) is 12.3. The van der Waals surface area contributed by atoms with Gasteiger partial charge >= 0.3 is 17.9 Å². The average Bonchev–Trinajstić information content (AvgIpc) is 2.83. The Hall–Kier alpha value is -3.73. The molecule has 3 aromatic carbocycles. The van der Waals surface area contributed by atoms with Gasteiger partial charge in [0.2, 0.25) is 12.2 Å². The first-order valence-electron chi connectivity index (χ1n) is 9.67. The number of esters is 2.